The van der Waals surface area contributed by atoms with Crippen molar-refractivity contribution >= 4 is 124 Å². The van der Waals surface area contributed by atoms with E-state index in [-0.39, 0.29) is 10.8 Å². The summed E-state index contributed by atoms with van der Waals surface area (Å²) in [6, 6.07) is 19.3. The third kappa shape index (κ3) is 4.26. The van der Waals surface area contributed by atoms with Crippen molar-refractivity contribution in [2.24, 2.45) is 0 Å². The third-order valence-corrected chi connectivity index (χ3v) is 18.1. The molecule has 3 heterocycles. The second kappa shape index (κ2) is 11.4. The minimum Gasteiger partial charge on any atom is -0.135 e. The SMILES string of the molecule is S=C1C(=CC2=Cc3sc4c5c(sc4c3C23CCCCC3)-c2sc(C=C3C(=S)c4ccccc4C3=S)cc2C52CCCCC2)C(=S)c2ccccc21. The Morgan fingerprint density at radius 3 is 1.61 bits per heavy atom. The van der Waals surface area contributed by atoms with E-state index in [1.54, 1.807) is 26.1 Å². The maximum absolute atomic E-state index is 6.07. The molecule has 6 aliphatic rings. The molecule has 2 aromatic carbocycles. The summed E-state index contributed by atoms with van der Waals surface area (Å²) in [5, 5.41) is 0. The maximum Gasteiger partial charge on any atom is 0.0543 e. The van der Waals surface area contributed by atoms with Gasteiger partial charge in [0.15, 0.2) is 0 Å². The Morgan fingerprint density at radius 1 is 0.529 bits per heavy atom. The van der Waals surface area contributed by atoms with Crippen LogP contribution < -0.4 is 0 Å². The number of hydrogen-bond acceptors (Lipinski definition) is 7. The number of rotatable bonds is 2. The average Bonchev–Trinajstić information content (AvgIpc) is 4.00. The molecule has 51 heavy (non-hydrogen) atoms. The van der Waals surface area contributed by atoms with Gasteiger partial charge in [0.05, 0.1) is 33.7 Å². The standard InChI is InChI=1S/C44H32S7/c45-35-25-11-3-4-12-26(25)36(46)29(35)19-23-20-32-33(43(23)15-7-1-8-16-43)40-42(50-32)34-41(51-40)39-31(44(34)17-9-2-10-18-44)22-24(49-39)21-30-37(47)27-13-5-6-14-28(27)38(30)48/h3-6,11-14,19-22H,1-2,7-10,15-18H2. The molecule has 2 fully saturated rings. The Morgan fingerprint density at radius 2 is 1.04 bits per heavy atom. The van der Waals surface area contributed by atoms with Crippen molar-refractivity contribution in [2.75, 3.05) is 0 Å². The Balaban J connectivity index is 1.06. The normalized spacial score (nSPS) is 20.7. The molecule has 2 spiro atoms. The molecule has 6 aliphatic carbocycles. The van der Waals surface area contributed by atoms with Gasteiger partial charge in [0.2, 0.25) is 0 Å². The number of fused-ring (bicyclic) bond motifs is 12. The summed E-state index contributed by atoms with van der Waals surface area (Å²) >= 11 is 30.3. The molecule has 7 heteroatoms. The van der Waals surface area contributed by atoms with Crippen molar-refractivity contribution < 1.29 is 0 Å². The molecular weight excluding hydrogens is 753 g/mol. The summed E-state index contributed by atoms with van der Waals surface area (Å²) in [6.07, 6.45) is 19.9. The summed E-state index contributed by atoms with van der Waals surface area (Å²) in [7, 11) is 0. The van der Waals surface area contributed by atoms with Crippen LogP contribution >= 0.6 is 82.9 Å². The first-order chi connectivity index (χ1) is 24.9. The first-order valence-electron chi connectivity index (χ1n) is 18.2. The highest BCUT2D eigenvalue weighted by Gasteiger charge is 2.51. The Kier molecular flexibility index (Phi) is 7.15. The molecule has 0 nitrogen and oxygen atoms in total. The van der Waals surface area contributed by atoms with Gasteiger partial charge in [0, 0.05) is 64.4 Å². The van der Waals surface area contributed by atoms with E-state index in [9.17, 15) is 0 Å². The second-order valence-electron chi connectivity index (χ2n) is 15.1. The smallest absolute Gasteiger partial charge is 0.0543 e. The molecule has 0 unspecified atom stereocenters. The maximum atomic E-state index is 6.07. The van der Waals surface area contributed by atoms with E-state index in [1.165, 1.54) is 89.3 Å². The average molecular weight is 785 g/mol. The minimum atomic E-state index is 0.0356. The highest BCUT2D eigenvalue weighted by molar-refractivity contribution is 7.84. The van der Waals surface area contributed by atoms with Crippen LogP contribution in [0.2, 0.25) is 0 Å². The Bertz CT molecular complexity index is 2480. The van der Waals surface area contributed by atoms with E-state index < -0.39 is 0 Å². The van der Waals surface area contributed by atoms with Crippen LogP contribution in [0.25, 0.3) is 31.3 Å². The number of benzene rings is 2. The van der Waals surface area contributed by atoms with Crippen LogP contribution in [0, 0.1) is 0 Å². The van der Waals surface area contributed by atoms with Crippen molar-refractivity contribution in [1.29, 1.82) is 0 Å². The monoisotopic (exact) mass is 784 g/mol. The van der Waals surface area contributed by atoms with Gasteiger partial charge >= 0.3 is 0 Å². The molecule has 0 saturated heterocycles. The fraction of sp³-hybridized carbons (Fsp3) is 0.273. The van der Waals surface area contributed by atoms with Crippen LogP contribution in [-0.2, 0) is 10.8 Å². The molecule has 0 aliphatic heterocycles. The summed E-state index contributed by atoms with van der Waals surface area (Å²) in [5.41, 5.74) is 13.0. The first kappa shape index (κ1) is 31.9. The largest absolute Gasteiger partial charge is 0.135 e. The summed E-state index contributed by atoms with van der Waals surface area (Å²) in [5.74, 6) is 0. The van der Waals surface area contributed by atoms with E-state index in [0.717, 1.165) is 52.9 Å². The highest BCUT2D eigenvalue weighted by Crippen LogP contribution is 2.67. The van der Waals surface area contributed by atoms with E-state index in [4.69, 9.17) is 48.9 Å². The lowest BCUT2D eigenvalue weighted by atomic mass is 9.66. The molecular formula is C44H32S7. The molecule has 0 radical (unpaired) electrons. The van der Waals surface area contributed by atoms with Gasteiger partial charge in [0.25, 0.3) is 0 Å². The van der Waals surface area contributed by atoms with Crippen LogP contribution in [0.5, 0.6) is 0 Å². The first-order valence-corrected chi connectivity index (χ1v) is 22.3. The Labute approximate surface area is 332 Å². The van der Waals surface area contributed by atoms with Crippen molar-refractivity contribution in [3.05, 3.63) is 126 Å². The quantitative estimate of drug-likeness (QED) is 0.129. The van der Waals surface area contributed by atoms with E-state index in [2.05, 4.69) is 95.5 Å². The van der Waals surface area contributed by atoms with Gasteiger partial charge in [-0.1, -0.05) is 136 Å². The van der Waals surface area contributed by atoms with Gasteiger partial charge < -0.3 is 0 Å². The topological polar surface area (TPSA) is 0 Å². The fourth-order valence-electron chi connectivity index (χ4n) is 10.3. The Hall–Kier alpha value is -2.62. The summed E-state index contributed by atoms with van der Waals surface area (Å²) < 4.78 is 3.13. The molecule has 250 valence electrons. The van der Waals surface area contributed by atoms with Crippen LogP contribution in [-0.4, -0.2) is 19.5 Å². The second-order valence-corrected chi connectivity index (χ2v) is 19.9. The number of thiophene rings is 3. The van der Waals surface area contributed by atoms with Crippen LogP contribution in [0.1, 0.15) is 113 Å². The number of thiocarbonyl (C=S) groups is 4. The third-order valence-electron chi connectivity index (χ3n) is 12.6. The lowest BCUT2D eigenvalue weighted by Gasteiger charge is -2.36. The molecule has 2 saturated carbocycles. The van der Waals surface area contributed by atoms with Crippen molar-refractivity contribution in [3.8, 4) is 9.75 Å². The zero-order valence-electron chi connectivity index (χ0n) is 27.9. The van der Waals surface area contributed by atoms with Crippen molar-refractivity contribution in [3.63, 3.8) is 0 Å². The van der Waals surface area contributed by atoms with Gasteiger partial charge in [-0.05, 0) is 66.7 Å². The van der Waals surface area contributed by atoms with Crippen LogP contribution in [0.3, 0.4) is 0 Å². The van der Waals surface area contributed by atoms with Gasteiger partial charge in [0.1, 0.15) is 0 Å². The predicted octanol–water partition coefficient (Wildman–Crippen LogP) is 13.5. The molecule has 11 rings (SSSR count). The summed E-state index contributed by atoms with van der Waals surface area (Å²) in [4.78, 5) is 9.42. The van der Waals surface area contributed by atoms with E-state index in [1.807, 2.05) is 11.3 Å². The van der Waals surface area contributed by atoms with Crippen molar-refractivity contribution in [1.82, 2.24) is 0 Å². The molecule has 3 aromatic heterocycles. The fourth-order valence-corrected chi connectivity index (χ4v) is 16.4. The van der Waals surface area contributed by atoms with Crippen molar-refractivity contribution in [2.45, 2.75) is 75.0 Å². The number of allylic oxidation sites excluding steroid dienone is 4. The molecule has 0 amide bonds. The van der Waals surface area contributed by atoms with Crippen LogP contribution in [0.15, 0.2) is 77.4 Å². The molecule has 0 bridgehead atoms. The van der Waals surface area contributed by atoms with Gasteiger partial charge in [-0.2, -0.15) is 0 Å². The molecule has 0 N–H and O–H groups in total. The van der Waals surface area contributed by atoms with E-state index >= 15 is 0 Å². The lowest BCUT2D eigenvalue weighted by molar-refractivity contribution is 0.353. The van der Waals surface area contributed by atoms with E-state index in [0.29, 0.717) is 0 Å². The zero-order valence-corrected chi connectivity index (χ0v) is 33.6. The number of hydrogen-bond donors (Lipinski definition) is 0. The molecule has 5 aromatic rings. The zero-order chi connectivity index (χ0) is 34.2. The predicted molar refractivity (Wildman–Crippen MR) is 235 cm³/mol. The van der Waals surface area contributed by atoms with Gasteiger partial charge in [-0.25, -0.2) is 0 Å². The van der Waals surface area contributed by atoms with Gasteiger partial charge in [-0.15, -0.1) is 34.0 Å². The lowest BCUT2D eigenvalue weighted by Crippen LogP contribution is -2.29. The summed E-state index contributed by atoms with van der Waals surface area (Å²) in [6.45, 7) is 0. The van der Waals surface area contributed by atoms with Crippen LogP contribution in [0.4, 0.5) is 0 Å². The highest BCUT2D eigenvalue weighted by atomic mass is 32.1. The minimum absolute atomic E-state index is 0.0356. The molecule has 0 atom stereocenters. The van der Waals surface area contributed by atoms with Gasteiger partial charge in [-0.3, -0.25) is 0 Å².